The highest BCUT2D eigenvalue weighted by molar-refractivity contribution is 6.31. The molecule has 1 amide bonds. The predicted molar refractivity (Wildman–Crippen MR) is 111 cm³/mol. The number of carbonyl (C=O) groups is 4. The lowest BCUT2D eigenvalue weighted by atomic mass is 9.74. The number of hydrogen-bond donors (Lipinski definition) is 0. The summed E-state index contributed by atoms with van der Waals surface area (Å²) in [5, 5.41) is 0.393. The first kappa shape index (κ1) is 23.9. The fourth-order valence-electron chi connectivity index (χ4n) is 3.82. The molecule has 1 fully saturated rings. The van der Waals surface area contributed by atoms with E-state index in [1.165, 1.54) is 25.8 Å². The summed E-state index contributed by atoms with van der Waals surface area (Å²) in [4.78, 5) is 50.4. The summed E-state index contributed by atoms with van der Waals surface area (Å²) in [5.41, 5.74) is -0.685. The van der Waals surface area contributed by atoms with Gasteiger partial charge >= 0.3 is 12.1 Å². The fourth-order valence-corrected chi connectivity index (χ4v) is 4.12. The molecule has 1 unspecified atom stereocenters. The van der Waals surface area contributed by atoms with E-state index in [1.54, 1.807) is 31.2 Å². The third-order valence-electron chi connectivity index (χ3n) is 5.36. The standard InChI is InChI=1S/C22H28ClNO6/c1-14(13-15(2)25)20(27)29-16(3)30-21(28)24(4)22(12-8-7-11-19(22)26)17-9-5-6-10-18(17)23/h5-6,9-10,14,16H,7-8,11-13H2,1-4H3/t14-,16?,22-/m1/s1. The van der Waals surface area contributed by atoms with Crippen molar-refractivity contribution in [2.24, 2.45) is 5.92 Å². The molecule has 0 aliphatic heterocycles. The molecule has 3 atom stereocenters. The average Bonchev–Trinajstić information content (AvgIpc) is 2.67. The summed E-state index contributed by atoms with van der Waals surface area (Å²) < 4.78 is 10.4. The number of nitrogens with zero attached hydrogens (tertiary/aromatic N) is 1. The highest BCUT2D eigenvalue weighted by atomic mass is 35.5. The summed E-state index contributed by atoms with van der Waals surface area (Å²) in [6, 6.07) is 6.95. The maximum atomic E-state index is 13.0. The van der Waals surface area contributed by atoms with Gasteiger partial charge in [0.2, 0.25) is 6.29 Å². The molecule has 1 aromatic carbocycles. The second-order valence-corrected chi connectivity index (χ2v) is 8.13. The summed E-state index contributed by atoms with van der Waals surface area (Å²) in [5.74, 6) is -1.53. The van der Waals surface area contributed by atoms with Crippen LogP contribution in [0.15, 0.2) is 24.3 Å². The van der Waals surface area contributed by atoms with Crippen molar-refractivity contribution < 1.29 is 28.7 Å². The molecule has 0 spiro atoms. The van der Waals surface area contributed by atoms with E-state index in [9.17, 15) is 19.2 Å². The Morgan fingerprint density at radius 2 is 1.83 bits per heavy atom. The largest absolute Gasteiger partial charge is 0.425 e. The molecule has 1 saturated carbocycles. The number of carbonyl (C=O) groups excluding carboxylic acids is 4. The zero-order valence-corrected chi connectivity index (χ0v) is 18.5. The number of hydrogen-bond acceptors (Lipinski definition) is 6. The van der Waals surface area contributed by atoms with E-state index < -0.39 is 29.8 Å². The van der Waals surface area contributed by atoms with E-state index in [2.05, 4.69) is 0 Å². The van der Waals surface area contributed by atoms with Gasteiger partial charge in [-0.25, -0.2) is 4.79 Å². The van der Waals surface area contributed by atoms with Gasteiger partial charge in [-0.1, -0.05) is 36.7 Å². The van der Waals surface area contributed by atoms with Gasteiger partial charge < -0.3 is 14.3 Å². The zero-order chi connectivity index (χ0) is 22.5. The van der Waals surface area contributed by atoms with Gasteiger partial charge in [0.15, 0.2) is 5.78 Å². The van der Waals surface area contributed by atoms with E-state index in [4.69, 9.17) is 21.1 Å². The quantitative estimate of drug-likeness (QED) is 0.468. The Hall–Kier alpha value is -2.41. The van der Waals surface area contributed by atoms with Crippen LogP contribution in [0.5, 0.6) is 0 Å². The normalized spacial score (nSPS) is 20.8. The number of benzene rings is 1. The summed E-state index contributed by atoms with van der Waals surface area (Å²) in [6.45, 7) is 4.37. The number of Topliss-reactive ketones (excluding diaryl/α,β-unsaturated/α-hetero) is 2. The van der Waals surface area contributed by atoms with Crippen LogP contribution in [0.1, 0.15) is 58.4 Å². The van der Waals surface area contributed by atoms with E-state index in [0.717, 1.165) is 12.8 Å². The van der Waals surface area contributed by atoms with Crippen molar-refractivity contribution in [2.45, 2.75) is 64.7 Å². The molecule has 7 nitrogen and oxygen atoms in total. The predicted octanol–water partition coefficient (Wildman–Crippen LogP) is 4.25. The van der Waals surface area contributed by atoms with Crippen LogP contribution in [0.4, 0.5) is 4.79 Å². The van der Waals surface area contributed by atoms with Gasteiger partial charge in [0.25, 0.3) is 0 Å². The van der Waals surface area contributed by atoms with Crippen LogP contribution in [0.25, 0.3) is 0 Å². The van der Waals surface area contributed by atoms with Crippen LogP contribution in [-0.2, 0) is 29.4 Å². The first-order valence-electron chi connectivity index (χ1n) is 10.0. The third-order valence-corrected chi connectivity index (χ3v) is 5.69. The molecule has 1 aliphatic rings. The molecule has 0 aromatic heterocycles. The van der Waals surface area contributed by atoms with Crippen LogP contribution in [0.2, 0.25) is 5.02 Å². The smallest absolute Gasteiger partial charge is 0.413 e. The number of ether oxygens (including phenoxy) is 2. The second-order valence-electron chi connectivity index (χ2n) is 7.72. The van der Waals surface area contributed by atoms with Gasteiger partial charge in [-0.05, 0) is 32.3 Å². The van der Waals surface area contributed by atoms with Crippen molar-refractivity contribution in [3.63, 3.8) is 0 Å². The Kier molecular flexibility index (Phi) is 8.01. The average molecular weight is 438 g/mol. The minimum Gasteiger partial charge on any atom is -0.425 e. The molecule has 0 bridgehead atoms. The molecule has 1 aliphatic carbocycles. The Morgan fingerprint density at radius 3 is 2.43 bits per heavy atom. The second kappa shape index (κ2) is 10.1. The van der Waals surface area contributed by atoms with Crippen LogP contribution >= 0.6 is 11.6 Å². The molecular formula is C22H28ClNO6. The highest BCUT2D eigenvalue weighted by Gasteiger charge is 2.48. The van der Waals surface area contributed by atoms with Crippen molar-refractivity contribution >= 4 is 35.2 Å². The monoisotopic (exact) mass is 437 g/mol. The number of amides is 1. The number of rotatable bonds is 7. The first-order chi connectivity index (χ1) is 14.1. The maximum Gasteiger partial charge on any atom is 0.413 e. The van der Waals surface area contributed by atoms with Gasteiger partial charge in [0, 0.05) is 37.4 Å². The Morgan fingerprint density at radius 1 is 1.17 bits per heavy atom. The van der Waals surface area contributed by atoms with Gasteiger partial charge in [-0.3, -0.25) is 14.5 Å². The number of ketones is 2. The lowest BCUT2D eigenvalue weighted by Gasteiger charge is -2.43. The SMILES string of the molecule is CC(=O)C[C@@H](C)C(=O)OC(C)OC(=O)N(C)[C@@]1(c2ccccc2Cl)CCCCC1=O. The molecule has 2 rings (SSSR count). The van der Waals surface area contributed by atoms with E-state index in [-0.39, 0.29) is 18.0 Å². The maximum absolute atomic E-state index is 13.0. The van der Waals surface area contributed by atoms with Crippen molar-refractivity contribution in [1.82, 2.24) is 4.90 Å². The number of esters is 1. The van der Waals surface area contributed by atoms with E-state index >= 15 is 0 Å². The van der Waals surface area contributed by atoms with Gasteiger partial charge in [-0.15, -0.1) is 0 Å². The minimum absolute atomic E-state index is 0.0452. The lowest BCUT2D eigenvalue weighted by Crippen LogP contribution is -2.54. The molecule has 1 aromatic rings. The molecule has 0 radical (unpaired) electrons. The zero-order valence-electron chi connectivity index (χ0n) is 17.8. The highest BCUT2D eigenvalue weighted by Crippen LogP contribution is 2.42. The Bertz CT molecular complexity index is 826. The molecule has 164 valence electrons. The van der Waals surface area contributed by atoms with Crippen LogP contribution in [-0.4, -0.2) is 41.9 Å². The van der Waals surface area contributed by atoms with Crippen LogP contribution in [0, 0.1) is 5.92 Å². The molecule has 30 heavy (non-hydrogen) atoms. The van der Waals surface area contributed by atoms with E-state index in [1.807, 2.05) is 0 Å². The van der Waals surface area contributed by atoms with E-state index in [0.29, 0.717) is 23.4 Å². The molecular weight excluding hydrogens is 410 g/mol. The topological polar surface area (TPSA) is 90.0 Å². The van der Waals surface area contributed by atoms with Crippen molar-refractivity contribution in [2.75, 3.05) is 7.05 Å². The van der Waals surface area contributed by atoms with Gasteiger partial charge in [0.1, 0.15) is 11.3 Å². The van der Waals surface area contributed by atoms with Crippen molar-refractivity contribution in [3.05, 3.63) is 34.9 Å². The van der Waals surface area contributed by atoms with Crippen LogP contribution < -0.4 is 0 Å². The fraction of sp³-hybridized carbons (Fsp3) is 0.545. The summed E-state index contributed by atoms with van der Waals surface area (Å²) in [7, 11) is 1.49. The Balaban J connectivity index is 2.18. The van der Waals surface area contributed by atoms with Gasteiger partial charge in [-0.2, -0.15) is 0 Å². The molecule has 0 N–H and O–H groups in total. The number of likely N-dealkylation sites (N-methyl/N-ethyl adjacent to an activating group) is 1. The summed E-state index contributed by atoms with van der Waals surface area (Å²) >= 11 is 6.38. The third kappa shape index (κ3) is 5.19. The Labute approximate surface area is 181 Å². The minimum atomic E-state index is -1.24. The van der Waals surface area contributed by atoms with Crippen LogP contribution in [0.3, 0.4) is 0 Å². The molecule has 0 heterocycles. The van der Waals surface area contributed by atoms with Gasteiger partial charge in [0.05, 0.1) is 5.92 Å². The first-order valence-corrected chi connectivity index (χ1v) is 10.4. The molecule has 8 heteroatoms. The van der Waals surface area contributed by atoms with Crippen molar-refractivity contribution in [3.8, 4) is 0 Å². The molecule has 0 saturated heterocycles. The lowest BCUT2D eigenvalue weighted by molar-refractivity contribution is -0.172. The number of halogens is 1. The van der Waals surface area contributed by atoms with Crippen molar-refractivity contribution in [1.29, 1.82) is 0 Å². The summed E-state index contributed by atoms with van der Waals surface area (Å²) in [6.07, 6.45) is 0.316.